The van der Waals surface area contributed by atoms with E-state index in [2.05, 4.69) is 19.6 Å². The maximum absolute atomic E-state index is 12.4. The van der Waals surface area contributed by atoms with Crippen molar-refractivity contribution in [3.05, 3.63) is 90.6 Å². The minimum Gasteiger partial charge on any atom is -0.493 e. The van der Waals surface area contributed by atoms with Crippen molar-refractivity contribution in [1.82, 2.24) is 24.7 Å². The molecule has 1 aliphatic heterocycles. The average molecular weight is 526 g/mol. The number of sulfone groups is 1. The summed E-state index contributed by atoms with van der Waals surface area (Å²) in [6.07, 6.45) is 7.66. The first-order valence-corrected chi connectivity index (χ1v) is 14.5. The third-order valence-corrected chi connectivity index (χ3v) is 8.34. The number of aryl methyl sites for hydroxylation is 1. The van der Waals surface area contributed by atoms with Crippen LogP contribution in [0, 0.1) is 0 Å². The summed E-state index contributed by atoms with van der Waals surface area (Å²) in [7, 11) is -3.25. The second kappa shape index (κ2) is 10.3. The van der Waals surface area contributed by atoms with Gasteiger partial charge in [-0.05, 0) is 67.3 Å². The first kappa shape index (κ1) is 24.2. The summed E-state index contributed by atoms with van der Waals surface area (Å²) in [6.45, 7) is 1.21. The molecule has 4 aromatic heterocycles. The van der Waals surface area contributed by atoms with Crippen LogP contribution < -0.4 is 4.74 Å². The Labute approximate surface area is 221 Å². The largest absolute Gasteiger partial charge is 0.493 e. The molecule has 0 saturated carbocycles. The first-order chi connectivity index (χ1) is 18.6. The van der Waals surface area contributed by atoms with Crippen LogP contribution in [-0.4, -0.2) is 45.5 Å². The molecular weight excluding hydrogens is 498 g/mol. The fourth-order valence-corrected chi connectivity index (χ4v) is 6.31. The molecule has 0 N–H and O–H groups in total. The molecule has 9 heteroatoms. The van der Waals surface area contributed by atoms with Crippen LogP contribution in [0.1, 0.15) is 24.2 Å². The van der Waals surface area contributed by atoms with E-state index in [1.54, 1.807) is 30.6 Å². The molecule has 0 bridgehead atoms. The van der Waals surface area contributed by atoms with Crippen molar-refractivity contribution in [2.75, 3.05) is 12.4 Å². The maximum atomic E-state index is 12.4. The lowest BCUT2D eigenvalue weighted by atomic mass is 9.96. The monoisotopic (exact) mass is 525 g/mol. The van der Waals surface area contributed by atoms with Crippen LogP contribution >= 0.6 is 0 Å². The van der Waals surface area contributed by atoms with Crippen molar-refractivity contribution in [2.45, 2.75) is 31.6 Å². The van der Waals surface area contributed by atoms with Gasteiger partial charge in [0.1, 0.15) is 11.4 Å². The van der Waals surface area contributed by atoms with Crippen molar-refractivity contribution in [2.24, 2.45) is 0 Å². The Morgan fingerprint density at radius 1 is 0.921 bits per heavy atom. The second-order valence-corrected chi connectivity index (χ2v) is 11.5. The van der Waals surface area contributed by atoms with Crippen LogP contribution in [0.4, 0.5) is 0 Å². The fourth-order valence-electron chi connectivity index (χ4n) is 4.98. The number of fused-ring (bicyclic) bond motifs is 2. The van der Waals surface area contributed by atoms with Crippen molar-refractivity contribution >= 4 is 20.7 Å². The Kier molecular flexibility index (Phi) is 6.59. The van der Waals surface area contributed by atoms with Gasteiger partial charge in [0.25, 0.3) is 0 Å². The fraction of sp³-hybridized carbons (Fsp3) is 0.241. The second-order valence-electron chi connectivity index (χ2n) is 9.36. The predicted octanol–water partition coefficient (Wildman–Crippen LogP) is 4.89. The zero-order valence-corrected chi connectivity index (χ0v) is 21.6. The lowest BCUT2D eigenvalue weighted by Gasteiger charge is -2.11. The van der Waals surface area contributed by atoms with Gasteiger partial charge >= 0.3 is 0 Å². The summed E-state index contributed by atoms with van der Waals surface area (Å²) in [5.74, 6) is 0.646. The highest BCUT2D eigenvalue weighted by molar-refractivity contribution is 7.90. The van der Waals surface area contributed by atoms with E-state index < -0.39 is 9.84 Å². The zero-order valence-electron chi connectivity index (χ0n) is 20.8. The number of pyridine rings is 3. The van der Waals surface area contributed by atoms with Crippen molar-refractivity contribution in [3.63, 3.8) is 0 Å². The SMILES string of the molecule is O=S(=O)(CCCOc1ccc2c(-c3c(-c4ccccn4)nn4c3CCC4)ccnc2c1)Cc1ccccn1. The van der Waals surface area contributed by atoms with Crippen molar-refractivity contribution in [1.29, 1.82) is 0 Å². The molecule has 0 fully saturated rings. The summed E-state index contributed by atoms with van der Waals surface area (Å²) >= 11 is 0. The number of benzene rings is 1. The van der Waals surface area contributed by atoms with Gasteiger partial charge in [-0.25, -0.2) is 8.42 Å². The minimum absolute atomic E-state index is 0.0443. The highest BCUT2D eigenvalue weighted by atomic mass is 32.2. The predicted molar refractivity (Wildman–Crippen MR) is 146 cm³/mol. The van der Waals surface area contributed by atoms with Gasteiger partial charge in [-0.15, -0.1) is 0 Å². The van der Waals surface area contributed by atoms with E-state index in [-0.39, 0.29) is 11.5 Å². The topological polar surface area (TPSA) is 99.9 Å². The molecule has 0 unspecified atom stereocenters. The number of nitrogens with zero attached hydrogens (tertiary/aromatic N) is 5. The molecule has 0 saturated heterocycles. The summed E-state index contributed by atoms with van der Waals surface area (Å²) in [6, 6.07) is 19.1. The Morgan fingerprint density at radius 2 is 1.79 bits per heavy atom. The van der Waals surface area contributed by atoms with Crippen LogP contribution in [0.3, 0.4) is 0 Å². The van der Waals surface area contributed by atoms with Crippen LogP contribution in [0.5, 0.6) is 5.75 Å². The average Bonchev–Trinajstić information content (AvgIpc) is 3.53. The van der Waals surface area contributed by atoms with Crippen molar-refractivity contribution in [3.8, 4) is 28.3 Å². The number of hydrogen-bond donors (Lipinski definition) is 0. The van der Waals surface area contributed by atoms with Gasteiger partial charge in [0.15, 0.2) is 9.84 Å². The third-order valence-electron chi connectivity index (χ3n) is 6.69. The number of rotatable bonds is 9. The van der Waals surface area contributed by atoms with Gasteiger partial charge in [-0.3, -0.25) is 19.6 Å². The van der Waals surface area contributed by atoms with Gasteiger partial charge in [-0.1, -0.05) is 12.1 Å². The number of ether oxygens (including phenoxy) is 1. The zero-order chi connectivity index (χ0) is 26.0. The van der Waals surface area contributed by atoms with Gasteiger partial charge in [0, 0.05) is 47.8 Å². The molecule has 0 aliphatic carbocycles. The summed E-state index contributed by atoms with van der Waals surface area (Å²) < 4.78 is 32.9. The quantitative estimate of drug-likeness (QED) is 0.253. The Hall–Kier alpha value is -4.11. The molecule has 0 atom stereocenters. The molecule has 1 aromatic carbocycles. The molecule has 0 radical (unpaired) electrons. The first-order valence-electron chi connectivity index (χ1n) is 12.7. The van der Waals surface area contributed by atoms with Gasteiger partial charge in [0.05, 0.1) is 35.0 Å². The molecule has 0 amide bonds. The van der Waals surface area contributed by atoms with E-state index in [1.807, 2.05) is 48.7 Å². The maximum Gasteiger partial charge on any atom is 0.156 e. The van der Waals surface area contributed by atoms with Gasteiger partial charge < -0.3 is 4.74 Å². The molecular formula is C29H27N5O3S. The Morgan fingerprint density at radius 3 is 2.61 bits per heavy atom. The molecule has 192 valence electrons. The molecule has 38 heavy (non-hydrogen) atoms. The van der Waals surface area contributed by atoms with E-state index >= 15 is 0 Å². The molecule has 6 rings (SSSR count). The van der Waals surface area contributed by atoms with Crippen LogP contribution in [0.15, 0.2) is 79.3 Å². The van der Waals surface area contributed by atoms with E-state index in [9.17, 15) is 8.42 Å². The third kappa shape index (κ3) is 5.02. The van der Waals surface area contributed by atoms with E-state index in [4.69, 9.17) is 9.84 Å². The summed E-state index contributed by atoms with van der Waals surface area (Å²) in [4.78, 5) is 13.3. The standard InChI is InChI=1S/C29H27N5O3S/c35-38(36,20-21-7-1-3-13-30-21)18-6-17-37-22-10-11-23-24(12-15-32-26(23)19-22)28-27-9-5-16-34(27)33-29(28)25-8-2-4-14-31-25/h1-4,7-8,10-15,19H,5-6,9,16-18,20H2. The van der Waals surface area contributed by atoms with Gasteiger partial charge in [-0.2, -0.15) is 5.10 Å². The van der Waals surface area contributed by atoms with E-state index in [0.717, 1.165) is 52.8 Å². The molecule has 8 nitrogen and oxygen atoms in total. The normalized spacial score (nSPS) is 13.1. The summed E-state index contributed by atoms with van der Waals surface area (Å²) in [5, 5.41) is 5.93. The van der Waals surface area contributed by atoms with Crippen LogP contribution in [0.2, 0.25) is 0 Å². The molecule has 5 heterocycles. The lowest BCUT2D eigenvalue weighted by molar-refractivity contribution is 0.318. The Balaban J connectivity index is 1.21. The van der Waals surface area contributed by atoms with Crippen LogP contribution in [-0.2, 0) is 28.6 Å². The Bertz CT molecular complexity index is 1690. The number of hydrogen-bond acceptors (Lipinski definition) is 7. The van der Waals surface area contributed by atoms with Gasteiger partial charge in [0.2, 0.25) is 0 Å². The van der Waals surface area contributed by atoms with Crippen LogP contribution in [0.25, 0.3) is 33.4 Å². The molecule has 0 spiro atoms. The lowest BCUT2D eigenvalue weighted by Crippen LogP contribution is -2.13. The minimum atomic E-state index is -3.25. The van der Waals surface area contributed by atoms with E-state index in [1.165, 1.54) is 5.69 Å². The highest BCUT2D eigenvalue weighted by Crippen LogP contribution is 2.40. The molecule has 5 aromatic rings. The van der Waals surface area contributed by atoms with E-state index in [0.29, 0.717) is 24.5 Å². The molecule has 1 aliphatic rings. The number of aromatic nitrogens is 5. The summed E-state index contributed by atoms with van der Waals surface area (Å²) in [5.41, 5.74) is 6.52. The highest BCUT2D eigenvalue weighted by Gasteiger charge is 2.25. The van der Waals surface area contributed by atoms with Crippen molar-refractivity contribution < 1.29 is 13.2 Å². The smallest absolute Gasteiger partial charge is 0.156 e.